The van der Waals surface area contributed by atoms with Gasteiger partial charge >= 0.3 is 0 Å². The minimum absolute atomic E-state index is 0.0864. The van der Waals surface area contributed by atoms with E-state index in [-0.39, 0.29) is 5.91 Å². The van der Waals surface area contributed by atoms with E-state index < -0.39 is 0 Å². The first-order valence-electron chi connectivity index (χ1n) is 8.67. The van der Waals surface area contributed by atoms with E-state index in [0.29, 0.717) is 54.0 Å². The molecule has 27 heavy (non-hydrogen) atoms. The van der Waals surface area contributed by atoms with Crippen LogP contribution in [0.3, 0.4) is 0 Å². The van der Waals surface area contributed by atoms with Crippen molar-refractivity contribution in [2.75, 3.05) is 52.4 Å². The second-order valence-electron chi connectivity index (χ2n) is 6.14. The molecule has 0 bridgehead atoms. The van der Waals surface area contributed by atoms with Crippen LogP contribution in [0.5, 0.6) is 17.2 Å². The average molecular weight is 391 g/mol. The van der Waals surface area contributed by atoms with Crippen LogP contribution in [0.1, 0.15) is 10.4 Å². The van der Waals surface area contributed by atoms with Gasteiger partial charge in [0.1, 0.15) is 22.8 Å². The van der Waals surface area contributed by atoms with Crippen LogP contribution < -0.4 is 19.1 Å². The van der Waals surface area contributed by atoms with Gasteiger partial charge in [-0.15, -0.1) is 0 Å². The molecular formula is C20H23ClN2O4. The summed E-state index contributed by atoms with van der Waals surface area (Å²) in [6, 6.07) is 11.1. The van der Waals surface area contributed by atoms with Gasteiger partial charge in [-0.3, -0.25) is 4.79 Å². The molecule has 1 heterocycles. The number of ether oxygens (including phenoxy) is 3. The highest BCUT2D eigenvalue weighted by Crippen LogP contribution is 2.32. The largest absolute Gasteiger partial charge is 0.496 e. The molecule has 6 nitrogen and oxygen atoms in total. The molecule has 0 spiro atoms. The van der Waals surface area contributed by atoms with Crippen molar-refractivity contribution in [2.45, 2.75) is 0 Å². The number of hydrogen-bond donors (Lipinski definition) is 0. The van der Waals surface area contributed by atoms with Gasteiger partial charge in [0.15, 0.2) is 0 Å². The van der Waals surface area contributed by atoms with Crippen LogP contribution in [0.15, 0.2) is 36.4 Å². The Hall–Kier alpha value is -2.60. The predicted octanol–water partition coefficient (Wildman–Crippen LogP) is 3.33. The summed E-state index contributed by atoms with van der Waals surface area (Å²) in [6.07, 6.45) is 0. The molecule has 0 aromatic heterocycles. The van der Waals surface area contributed by atoms with Gasteiger partial charge in [-0.05, 0) is 30.3 Å². The first-order valence-corrected chi connectivity index (χ1v) is 9.05. The lowest BCUT2D eigenvalue weighted by Crippen LogP contribution is -2.48. The molecule has 1 aliphatic heterocycles. The van der Waals surface area contributed by atoms with E-state index in [1.807, 2.05) is 23.1 Å². The number of rotatable bonds is 5. The van der Waals surface area contributed by atoms with Crippen molar-refractivity contribution in [1.29, 1.82) is 0 Å². The van der Waals surface area contributed by atoms with E-state index in [2.05, 4.69) is 4.90 Å². The number of halogens is 1. The van der Waals surface area contributed by atoms with Crippen LogP contribution in [0.4, 0.5) is 5.69 Å². The lowest BCUT2D eigenvalue weighted by atomic mass is 10.1. The standard InChI is InChI=1S/C20H23ClN2O4/c1-25-16-8-7-14(13-15(16)21)22-9-11-23(12-10-22)20(24)19-17(26-2)5-4-6-18(19)27-3/h4-8,13H,9-12H2,1-3H3. The summed E-state index contributed by atoms with van der Waals surface area (Å²) in [4.78, 5) is 17.1. The van der Waals surface area contributed by atoms with Crippen molar-refractivity contribution in [3.05, 3.63) is 47.0 Å². The summed E-state index contributed by atoms with van der Waals surface area (Å²) < 4.78 is 15.9. The van der Waals surface area contributed by atoms with Gasteiger partial charge in [0.05, 0.1) is 26.4 Å². The lowest BCUT2D eigenvalue weighted by Gasteiger charge is -2.36. The van der Waals surface area contributed by atoms with Crippen LogP contribution in [-0.4, -0.2) is 58.3 Å². The monoisotopic (exact) mass is 390 g/mol. The second kappa shape index (κ2) is 8.39. The zero-order chi connectivity index (χ0) is 19.4. The fourth-order valence-corrected chi connectivity index (χ4v) is 3.49. The van der Waals surface area contributed by atoms with Crippen LogP contribution in [-0.2, 0) is 0 Å². The minimum atomic E-state index is -0.0864. The fourth-order valence-electron chi connectivity index (χ4n) is 3.24. The molecule has 1 aliphatic rings. The predicted molar refractivity (Wildman–Crippen MR) is 106 cm³/mol. The quantitative estimate of drug-likeness (QED) is 0.783. The number of nitrogens with zero attached hydrogens (tertiary/aromatic N) is 2. The van der Waals surface area contributed by atoms with Gasteiger partial charge in [-0.25, -0.2) is 0 Å². The Morgan fingerprint density at radius 3 is 2.00 bits per heavy atom. The van der Waals surface area contributed by atoms with E-state index in [9.17, 15) is 4.79 Å². The molecule has 2 aromatic carbocycles. The minimum Gasteiger partial charge on any atom is -0.496 e. The number of carbonyl (C=O) groups excluding carboxylic acids is 1. The highest BCUT2D eigenvalue weighted by molar-refractivity contribution is 6.32. The molecule has 2 aromatic rings. The molecule has 0 radical (unpaired) electrons. The maximum atomic E-state index is 13.0. The number of methoxy groups -OCH3 is 3. The van der Waals surface area contributed by atoms with E-state index in [4.69, 9.17) is 25.8 Å². The normalized spacial score (nSPS) is 14.1. The molecule has 3 rings (SSSR count). The number of benzene rings is 2. The number of carbonyl (C=O) groups is 1. The molecule has 0 N–H and O–H groups in total. The van der Waals surface area contributed by atoms with Gasteiger partial charge in [-0.1, -0.05) is 17.7 Å². The zero-order valence-electron chi connectivity index (χ0n) is 15.7. The molecule has 1 saturated heterocycles. The first-order chi connectivity index (χ1) is 13.1. The third-order valence-electron chi connectivity index (χ3n) is 4.71. The van der Waals surface area contributed by atoms with Crippen LogP contribution in [0.2, 0.25) is 5.02 Å². The Labute approximate surface area is 164 Å². The smallest absolute Gasteiger partial charge is 0.261 e. The van der Waals surface area contributed by atoms with Crippen LogP contribution >= 0.6 is 11.6 Å². The molecule has 1 amide bonds. The van der Waals surface area contributed by atoms with Crippen molar-refractivity contribution in [3.63, 3.8) is 0 Å². The number of hydrogen-bond acceptors (Lipinski definition) is 5. The number of piperazine rings is 1. The Morgan fingerprint density at radius 1 is 0.889 bits per heavy atom. The summed E-state index contributed by atoms with van der Waals surface area (Å²) >= 11 is 6.23. The molecule has 0 unspecified atom stereocenters. The molecule has 0 aliphatic carbocycles. The maximum Gasteiger partial charge on any atom is 0.261 e. The SMILES string of the molecule is COc1ccc(N2CCN(C(=O)c3c(OC)cccc3OC)CC2)cc1Cl. The van der Waals surface area contributed by atoms with Gasteiger partial charge < -0.3 is 24.0 Å². The highest BCUT2D eigenvalue weighted by atomic mass is 35.5. The molecule has 144 valence electrons. The third kappa shape index (κ3) is 3.90. The second-order valence-corrected chi connectivity index (χ2v) is 6.54. The Kier molecular flexibility index (Phi) is 5.96. The summed E-state index contributed by atoms with van der Waals surface area (Å²) in [5, 5.41) is 0.576. The molecule has 1 fully saturated rings. The molecule has 7 heteroatoms. The van der Waals surface area contributed by atoms with Gasteiger partial charge in [-0.2, -0.15) is 0 Å². The number of anilines is 1. The first kappa shape index (κ1) is 19.2. The lowest BCUT2D eigenvalue weighted by molar-refractivity contribution is 0.0740. The van der Waals surface area contributed by atoms with E-state index in [1.165, 1.54) is 0 Å². The zero-order valence-corrected chi connectivity index (χ0v) is 16.5. The Balaban J connectivity index is 1.73. The fraction of sp³-hybridized carbons (Fsp3) is 0.350. The summed E-state index contributed by atoms with van der Waals surface area (Å²) in [5.41, 5.74) is 1.48. The van der Waals surface area contributed by atoms with Crippen LogP contribution in [0, 0.1) is 0 Å². The van der Waals surface area contributed by atoms with E-state index in [1.54, 1.807) is 39.5 Å². The third-order valence-corrected chi connectivity index (χ3v) is 5.00. The van der Waals surface area contributed by atoms with E-state index >= 15 is 0 Å². The van der Waals surface area contributed by atoms with Gasteiger partial charge in [0.2, 0.25) is 0 Å². The highest BCUT2D eigenvalue weighted by Gasteiger charge is 2.27. The Bertz CT molecular complexity index is 797. The van der Waals surface area contributed by atoms with Crippen molar-refractivity contribution in [3.8, 4) is 17.2 Å². The summed E-state index contributed by atoms with van der Waals surface area (Å²) in [7, 11) is 4.70. The molecule has 0 atom stereocenters. The van der Waals surface area contributed by atoms with Crippen molar-refractivity contribution >= 4 is 23.2 Å². The average Bonchev–Trinajstić information content (AvgIpc) is 2.72. The van der Waals surface area contributed by atoms with E-state index in [0.717, 1.165) is 5.69 Å². The van der Waals surface area contributed by atoms with Gasteiger partial charge in [0.25, 0.3) is 5.91 Å². The topological polar surface area (TPSA) is 51.2 Å². The molecular weight excluding hydrogens is 368 g/mol. The van der Waals surface area contributed by atoms with Crippen LogP contribution in [0.25, 0.3) is 0 Å². The summed E-state index contributed by atoms with van der Waals surface area (Å²) in [6.45, 7) is 2.63. The van der Waals surface area contributed by atoms with Gasteiger partial charge in [0, 0.05) is 31.9 Å². The maximum absolute atomic E-state index is 13.0. The van der Waals surface area contributed by atoms with Crippen molar-refractivity contribution in [1.82, 2.24) is 4.90 Å². The Morgan fingerprint density at radius 2 is 1.48 bits per heavy atom. The van der Waals surface area contributed by atoms with Crippen molar-refractivity contribution < 1.29 is 19.0 Å². The number of amides is 1. The molecule has 0 saturated carbocycles. The summed E-state index contributed by atoms with van der Waals surface area (Å²) in [5.74, 6) is 1.60. The van der Waals surface area contributed by atoms with Crippen molar-refractivity contribution in [2.24, 2.45) is 0 Å².